The van der Waals surface area contributed by atoms with E-state index in [1.807, 2.05) is 54.6 Å². The van der Waals surface area contributed by atoms with Crippen molar-refractivity contribution in [2.45, 2.75) is 96.8 Å². The molecule has 0 aliphatic carbocycles. The molecular weight excluding hydrogens is 378 g/mol. The molecule has 2 aromatic rings. The maximum Gasteiger partial charge on any atom is 0.195 e. The van der Waals surface area contributed by atoms with Crippen LogP contribution >= 0.6 is 0 Å². The Hall–Kier alpha value is -2.09. The van der Waals surface area contributed by atoms with E-state index in [1.165, 1.54) is 83.5 Å². The number of para-hydroxylation sites is 1. The van der Waals surface area contributed by atoms with Gasteiger partial charge in [-0.25, -0.2) is 0 Å². The first-order valence-corrected chi connectivity index (χ1v) is 12.8. The van der Waals surface area contributed by atoms with Crippen molar-refractivity contribution in [3.8, 4) is 0 Å². The monoisotopic (exact) mass is 421 g/mol. The Balaban J connectivity index is 1.51. The van der Waals surface area contributed by atoms with E-state index < -0.39 is 0 Å². The predicted molar refractivity (Wildman–Crippen MR) is 135 cm³/mol. The van der Waals surface area contributed by atoms with Crippen molar-refractivity contribution >= 4 is 11.5 Å². The second-order valence-electron chi connectivity index (χ2n) is 8.76. The van der Waals surface area contributed by atoms with Gasteiger partial charge in [-0.3, -0.25) is 4.79 Å². The summed E-state index contributed by atoms with van der Waals surface area (Å²) in [5, 5.41) is 3.49. The summed E-state index contributed by atoms with van der Waals surface area (Å²) in [6, 6.07) is 17.4. The fourth-order valence-electron chi connectivity index (χ4n) is 4.12. The smallest absolute Gasteiger partial charge is 0.195 e. The lowest BCUT2D eigenvalue weighted by Crippen LogP contribution is -2.09. The van der Waals surface area contributed by atoms with Crippen LogP contribution in [0.1, 0.15) is 113 Å². The van der Waals surface area contributed by atoms with Crippen molar-refractivity contribution < 1.29 is 4.79 Å². The number of rotatable bonds is 18. The molecule has 170 valence electrons. The molecule has 0 bridgehead atoms. The van der Waals surface area contributed by atoms with E-state index in [9.17, 15) is 4.79 Å². The van der Waals surface area contributed by atoms with Gasteiger partial charge in [-0.15, -0.1) is 0 Å². The fraction of sp³-hybridized carbons (Fsp3) is 0.552. The second-order valence-corrected chi connectivity index (χ2v) is 8.76. The summed E-state index contributed by atoms with van der Waals surface area (Å²) in [7, 11) is 0. The number of anilines is 1. The van der Waals surface area contributed by atoms with E-state index in [0.717, 1.165) is 29.8 Å². The molecule has 0 atom stereocenters. The molecule has 2 nitrogen and oxygen atoms in total. The Morgan fingerprint density at radius 2 is 1.10 bits per heavy atom. The van der Waals surface area contributed by atoms with E-state index >= 15 is 0 Å². The van der Waals surface area contributed by atoms with E-state index in [2.05, 4.69) is 12.2 Å². The van der Waals surface area contributed by atoms with Crippen LogP contribution < -0.4 is 5.32 Å². The van der Waals surface area contributed by atoms with Gasteiger partial charge in [0.15, 0.2) is 5.78 Å². The molecular formula is C29H43NO. The fourth-order valence-corrected chi connectivity index (χ4v) is 4.12. The van der Waals surface area contributed by atoms with E-state index in [4.69, 9.17) is 0 Å². The molecule has 2 heteroatoms. The number of benzene rings is 2. The molecule has 0 aliphatic rings. The van der Waals surface area contributed by atoms with Crippen LogP contribution in [0, 0.1) is 0 Å². The summed E-state index contributed by atoms with van der Waals surface area (Å²) in [6.45, 7) is 3.21. The highest BCUT2D eigenvalue weighted by Gasteiger charge is 2.12. The Labute approximate surface area is 190 Å². The van der Waals surface area contributed by atoms with Crippen LogP contribution in [0.5, 0.6) is 0 Å². The van der Waals surface area contributed by atoms with Crippen LogP contribution in [0.2, 0.25) is 0 Å². The summed E-state index contributed by atoms with van der Waals surface area (Å²) < 4.78 is 0. The molecule has 0 aromatic heterocycles. The van der Waals surface area contributed by atoms with Crippen molar-refractivity contribution in [1.82, 2.24) is 0 Å². The van der Waals surface area contributed by atoms with Gasteiger partial charge in [0.05, 0.1) is 0 Å². The molecule has 0 spiro atoms. The number of unbranched alkanes of at least 4 members (excludes halogenated alkanes) is 13. The highest BCUT2D eigenvalue weighted by Crippen LogP contribution is 2.20. The topological polar surface area (TPSA) is 29.1 Å². The number of hydrogen-bond donors (Lipinski definition) is 1. The highest BCUT2D eigenvalue weighted by atomic mass is 16.1. The minimum Gasteiger partial charge on any atom is -0.384 e. The minimum absolute atomic E-state index is 0.0876. The summed E-state index contributed by atoms with van der Waals surface area (Å²) in [5.41, 5.74) is 2.46. The standard InChI is InChI=1S/C29H43NO/c1-2-3-4-5-6-7-8-9-10-11-12-13-14-20-25-30-28-24-19-18-23-27(28)29(31)26-21-16-15-17-22-26/h15-19,21-24,30H,2-14,20,25H2,1H3. The average molecular weight is 422 g/mol. The van der Waals surface area contributed by atoms with Crippen LogP contribution in [-0.2, 0) is 0 Å². The Bertz CT molecular complexity index is 710. The number of nitrogens with one attached hydrogen (secondary N) is 1. The van der Waals surface area contributed by atoms with Gasteiger partial charge in [0.1, 0.15) is 0 Å². The van der Waals surface area contributed by atoms with Crippen molar-refractivity contribution in [2.75, 3.05) is 11.9 Å². The van der Waals surface area contributed by atoms with Gasteiger partial charge in [0.25, 0.3) is 0 Å². The molecule has 1 N–H and O–H groups in total. The largest absolute Gasteiger partial charge is 0.384 e. The zero-order valence-electron chi connectivity index (χ0n) is 19.7. The lowest BCUT2D eigenvalue weighted by Gasteiger charge is -2.11. The molecule has 0 heterocycles. The minimum atomic E-state index is 0.0876. The number of carbonyl (C=O) groups excluding carboxylic acids is 1. The number of carbonyl (C=O) groups is 1. The first-order chi connectivity index (χ1) is 15.3. The van der Waals surface area contributed by atoms with E-state index in [1.54, 1.807) is 0 Å². The molecule has 2 aromatic carbocycles. The average Bonchev–Trinajstić information content (AvgIpc) is 2.82. The number of ketones is 1. The first kappa shape index (κ1) is 25.2. The summed E-state index contributed by atoms with van der Waals surface area (Å²) in [4.78, 5) is 12.8. The Morgan fingerprint density at radius 1 is 0.613 bits per heavy atom. The SMILES string of the molecule is CCCCCCCCCCCCCCCCNc1ccccc1C(=O)c1ccccc1. The predicted octanol–water partition coefficient (Wildman–Crippen LogP) is 8.81. The maximum atomic E-state index is 12.8. The molecule has 0 aliphatic heterocycles. The third-order valence-electron chi connectivity index (χ3n) is 6.05. The van der Waals surface area contributed by atoms with Gasteiger partial charge >= 0.3 is 0 Å². The zero-order chi connectivity index (χ0) is 22.0. The van der Waals surface area contributed by atoms with E-state index in [0.29, 0.717) is 0 Å². The summed E-state index contributed by atoms with van der Waals surface area (Å²) in [6.07, 6.45) is 19.2. The third-order valence-corrected chi connectivity index (χ3v) is 6.05. The van der Waals surface area contributed by atoms with Gasteiger partial charge in [0, 0.05) is 23.4 Å². The normalized spacial score (nSPS) is 10.9. The van der Waals surface area contributed by atoms with Gasteiger partial charge < -0.3 is 5.32 Å². The Morgan fingerprint density at radius 3 is 1.68 bits per heavy atom. The van der Waals surface area contributed by atoms with Crippen LogP contribution in [0.25, 0.3) is 0 Å². The van der Waals surface area contributed by atoms with Gasteiger partial charge in [0.2, 0.25) is 0 Å². The van der Waals surface area contributed by atoms with Crippen LogP contribution in [0.3, 0.4) is 0 Å². The van der Waals surface area contributed by atoms with Crippen molar-refractivity contribution in [2.24, 2.45) is 0 Å². The van der Waals surface area contributed by atoms with Crippen LogP contribution in [0.4, 0.5) is 5.69 Å². The van der Waals surface area contributed by atoms with E-state index in [-0.39, 0.29) is 5.78 Å². The van der Waals surface area contributed by atoms with Crippen molar-refractivity contribution in [1.29, 1.82) is 0 Å². The molecule has 31 heavy (non-hydrogen) atoms. The summed E-state index contributed by atoms with van der Waals surface area (Å²) in [5.74, 6) is 0.0876. The quantitative estimate of drug-likeness (QED) is 0.192. The molecule has 0 fully saturated rings. The lowest BCUT2D eigenvalue weighted by atomic mass is 10.0. The van der Waals surface area contributed by atoms with Crippen LogP contribution in [-0.4, -0.2) is 12.3 Å². The van der Waals surface area contributed by atoms with Crippen LogP contribution in [0.15, 0.2) is 54.6 Å². The molecule has 0 radical (unpaired) electrons. The van der Waals surface area contributed by atoms with Gasteiger partial charge in [-0.1, -0.05) is 133 Å². The molecule has 0 saturated heterocycles. The molecule has 0 amide bonds. The second kappa shape index (κ2) is 16.6. The van der Waals surface area contributed by atoms with Crippen molar-refractivity contribution in [3.05, 3.63) is 65.7 Å². The summed E-state index contributed by atoms with van der Waals surface area (Å²) >= 11 is 0. The Kier molecular flexibility index (Phi) is 13.5. The number of hydrogen-bond acceptors (Lipinski definition) is 2. The molecule has 0 unspecified atom stereocenters. The highest BCUT2D eigenvalue weighted by molar-refractivity contribution is 6.12. The van der Waals surface area contributed by atoms with Gasteiger partial charge in [-0.05, 0) is 18.6 Å². The zero-order valence-corrected chi connectivity index (χ0v) is 19.7. The molecule has 0 saturated carbocycles. The third kappa shape index (κ3) is 10.7. The molecule has 2 rings (SSSR count). The van der Waals surface area contributed by atoms with Gasteiger partial charge in [-0.2, -0.15) is 0 Å². The van der Waals surface area contributed by atoms with Crippen molar-refractivity contribution in [3.63, 3.8) is 0 Å². The lowest BCUT2D eigenvalue weighted by molar-refractivity contribution is 0.103. The maximum absolute atomic E-state index is 12.8. The first-order valence-electron chi connectivity index (χ1n) is 12.8.